The zero-order valence-electron chi connectivity index (χ0n) is 8.32. The molecule has 14 heavy (non-hydrogen) atoms. The molecule has 1 N–H and O–H groups in total. The van der Waals surface area contributed by atoms with Gasteiger partial charge in [0.2, 0.25) is 5.91 Å². The molecule has 1 aromatic carbocycles. The number of phenolic OH excluding ortho intramolecular Hbond substituents is 1. The molecule has 74 valence electrons. The molecule has 1 aromatic rings. The Morgan fingerprint density at radius 1 is 1.43 bits per heavy atom. The van der Waals surface area contributed by atoms with Gasteiger partial charge >= 0.3 is 0 Å². The fraction of sp³-hybridized carbons (Fsp3) is 0.364. The molecule has 0 unspecified atom stereocenters. The second-order valence-corrected chi connectivity index (χ2v) is 3.81. The summed E-state index contributed by atoms with van der Waals surface area (Å²) >= 11 is 0. The summed E-state index contributed by atoms with van der Waals surface area (Å²) in [5, 5.41) is 9.57. The Morgan fingerprint density at radius 2 is 2.14 bits per heavy atom. The summed E-state index contributed by atoms with van der Waals surface area (Å²) in [6.07, 6.45) is 0.320. The van der Waals surface area contributed by atoms with E-state index in [9.17, 15) is 9.90 Å². The summed E-state index contributed by atoms with van der Waals surface area (Å²) in [6.45, 7) is 3.94. The van der Waals surface area contributed by atoms with Crippen LogP contribution in [0.25, 0.3) is 0 Å². The van der Waals surface area contributed by atoms with Crippen LogP contribution in [0.2, 0.25) is 0 Å². The van der Waals surface area contributed by atoms with E-state index in [0.29, 0.717) is 6.42 Å². The van der Waals surface area contributed by atoms with E-state index in [1.54, 1.807) is 17.0 Å². The van der Waals surface area contributed by atoms with Crippen molar-refractivity contribution in [2.45, 2.75) is 26.3 Å². The Hall–Kier alpha value is -1.51. The van der Waals surface area contributed by atoms with Gasteiger partial charge in [0.1, 0.15) is 5.75 Å². The number of amides is 1. The number of aromatic hydroxyl groups is 1. The number of carbonyl (C=O) groups excluding carboxylic acids is 1. The minimum Gasteiger partial charge on any atom is -0.508 e. The summed E-state index contributed by atoms with van der Waals surface area (Å²) in [6, 6.07) is 5.41. The zero-order valence-corrected chi connectivity index (χ0v) is 8.32. The van der Waals surface area contributed by atoms with Gasteiger partial charge in [-0.3, -0.25) is 4.79 Å². The van der Waals surface area contributed by atoms with E-state index in [2.05, 4.69) is 0 Å². The molecular formula is C11H13NO2. The third-order valence-corrected chi connectivity index (χ3v) is 2.50. The van der Waals surface area contributed by atoms with Crippen molar-refractivity contribution in [1.29, 1.82) is 0 Å². The van der Waals surface area contributed by atoms with Crippen LogP contribution in [0.5, 0.6) is 5.75 Å². The van der Waals surface area contributed by atoms with Crippen LogP contribution < -0.4 is 4.90 Å². The molecule has 0 saturated heterocycles. The van der Waals surface area contributed by atoms with Gasteiger partial charge in [-0.05, 0) is 26.0 Å². The molecule has 3 heteroatoms. The molecule has 1 aliphatic rings. The molecule has 0 bridgehead atoms. The van der Waals surface area contributed by atoms with Crippen molar-refractivity contribution in [3.63, 3.8) is 0 Å². The van der Waals surface area contributed by atoms with Gasteiger partial charge in [-0.25, -0.2) is 0 Å². The maximum Gasteiger partial charge on any atom is 0.231 e. The Bertz CT molecular complexity index is 385. The summed E-state index contributed by atoms with van der Waals surface area (Å²) in [5.74, 6) is 0.288. The monoisotopic (exact) mass is 191 g/mol. The van der Waals surface area contributed by atoms with Crippen molar-refractivity contribution in [1.82, 2.24) is 0 Å². The van der Waals surface area contributed by atoms with E-state index in [1.807, 2.05) is 19.9 Å². The summed E-state index contributed by atoms with van der Waals surface area (Å²) in [7, 11) is 0. The predicted molar refractivity (Wildman–Crippen MR) is 54.4 cm³/mol. The average molecular weight is 191 g/mol. The highest BCUT2D eigenvalue weighted by molar-refractivity contribution is 6.02. The summed E-state index contributed by atoms with van der Waals surface area (Å²) < 4.78 is 0. The highest BCUT2D eigenvalue weighted by atomic mass is 16.3. The van der Waals surface area contributed by atoms with Crippen molar-refractivity contribution in [2.24, 2.45) is 0 Å². The molecule has 0 radical (unpaired) electrons. The van der Waals surface area contributed by atoms with Crippen LogP contribution in [0.15, 0.2) is 18.2 Å². The Balaban J connectivity index is 2.53. The second-order valence-electron chi connectivity index (χ2n) is 3.81. The topological polar surface area (TPSA) is 40.5 Å². The summed E-state index contributed by atoms with van der Waals surface area (Å²) in [4.78, 5) is 13.4. The maximum absolute atomic E-state index is 11.6. The number of fused-ring (bicyclic) bond motifs is 1. The van der Waals surface area contributed by atoms with Gasteiger partial charge in [0.15, 0.2) is 0 Å². The largest absolute Gasteiger partial charge is 0.508 e. The molecule has 3 nitrogen and oxygen atoms in total. The first kappa shape index (κ1) is 9.06. The van der Waals surface area contributed by atoms with Crippen LogP contribution in [0.1, 0.15) is 19.4 Å². The molecule has 1 heterocycles. The number of hydrogen-bond acceptors (Lipinski definition) is 2. The number of anilines is 1. The highest BCUT2D eigenvalue weighted by Crippen LogP contribution is 2.35. The van der Waals surface area contributed by atoms with Crippen LogP contribution in [0, 0.1) is 0 Å². The first-order valence-corrected chi connectivity index (χ1v) is 4.74. The minimum atomic E-state index is 0.0662. The molecule has 0 aliphatic carbocycles. The quantitative estimate of drug-likeness (QED) is 0.733. The zero-order chi connectivity index (χ0) is 10.3. The van der Waals surface area contributed by atoms with Crippen molar-refractivity contribution in [3.05, 3.63) is 23.8 Å². The Kier molecular flexibility index (Phi) is 1.95. The lowest BCUT2D eigenvalue weighted by molar-refractivity contribution is -0.117. The normalized spacial score (nSPS) is 15.1. The molecule has 0 aromatic heterocycles. The molecule has 0 spiro atoms. The van der Waals surface area contributed by atoms with Gasteiger partial charge < -0.3 is 10.0 Å². The lowest BCUT2D eigenvalue weighted by atomic mass is 10.1. The van der Waals surface area contributed by atoms with Gasteiger partial charge in [-0.2, -0.15) is 0 Å². The third kappa shape index (κ3) is 1.16. The van der Waals surface area contributed by atoms with Crippen molar-refractivity contribution >= 4 is 11.6 Å². The molecule has 0 atom stereocenters. The number of carbonyl (C=O) groups is 1. The predicted octanol–water partition coefficient (Wildman–Crippen LogP) is 1.69. The molecular weight excluding hydrogens is 178 g/mol. The van der Waals surface area contributed by atoms with E-state index < -0.39 is 0 Å². The van der Waals surface area contributed by atoms with Gasteiger partial charge in [-0.1, -0.05) is 6.07 Å². The fourth-order valence-electron chi connectivity index (χ4n) is 1.91. The lowest BCUT2D eigenvalue weighted by Gasteiger charge is -2.21. The Morgan fingerprint density at radius 3 is 2.79 bits per heavy atom. The first-order chi connectivity index (χ1) is 6.61. The highest BCUT2D eigenvalue weighted by Gasteiger charge is 2.30. The lowest BCUT2D eigenvalue weighted by Crippen LogP contribution is -2.33. The molecule has 0 fully saturated rings. The van der Waals surface area contributed by atoms with Gasteiger partial charge in [0, 0.05) is 11.6 Å². The molecule has 1 aliphatic heterocycles. The SMILES string of the molecule is CC(C)N1C(=O)Cc2c(O)cccc21. The number of rotatable bonds is 1. The van der Waals surface area contributed by atoms with E-state index in [4.69, 9.17) is 0 Å². The van der Waals surface area contributed by atoms with Crippen molar-refractivity contribution in [3.8, 4) is 5.75 Å². The van der Waals surface area contributed by atoms with Gasteiger partial charge in [0.25, 0.3) is 0 Å². The maximum atomic E-state index is 11.6. The van der Waals surface area contributed by atoms with E-state index in [-0.39, 0.29) is 17.7 Å². The van der Waals surface area contributed by atoms with Crippen molar-refractivity contribution < 1.29 is 9.90 Å². The van der Waals surface area contributed by atoms with Crippen LogP contribution >= 0.6 is 0 Å². The van der Waals surface area contributed by atoms with Crippen LogP contribution in [-0.4, -0.2) is 17.1 Å². The number of benzene rings is 1. The minimum absolute atomic E-state index is 0.0662. The smallest absolute Gasteiger partial charge is 0.231 e. The van der Waals surface area contributed by atoms with Gasteiger partial charge in [0.05, 0.1) is 12.1 Å². The average Bonchev–Trinajstić information content (AvgIpc) is 2.42. The van der Waals surface area contributed by atoms with E-state index >= 15 is 0 Å². The van der Waals surface area contributed by atoms with Crippen LogP contribution in [0.4, 0.5) is 5.69 Å². The standard InChI is InChI=1S/C11H13NO2/c1-7(2)12-9-4-3-5-10(13)8(9)6-11(12)14/h3-5,7,13H,6H2,1-2H3. The molecule has 1 amide bonds. The van der Waals surface area contributed by atoms with Crippen molar-refractivity contribution in [2.75, 3.05) is 4.90 Å². The third-order valence-electron chi connectivity index (χ3n) is 2.50. The first-order valence-electron chi connectivity index (χ1n) is 4.74. The van der Waals surface area contributed by atoms with Crippen LogP contribution in [0.3, 0.4) is 0 Å². The fourth-order valence-corrected chi connectivity index (χ4v) is 1.91. The molecule has 0 saturated carbocycles. The number of phenols is 1. The summed E-state index contributed by atoms with van der Waals surface area (Å²) in [5.41, 5.74) is 1.61. The van der Waals surface area contributed by atoms with E-state index in [1.165, 1.54) is 0 Å². The Labute approximate surface area is 83.0 Å². The second kappa shape index (κ2) is 3.01. The number of nitrogens with zero attached hydrogens (tertiary/aromatic N) is 1. The molecule has 2 rings (SSSR count). The van der Waals surface area contributed by atoms with Crippen LogP contribution in [-0.2, 0) is 11.2 Å². The number of hydrogen-bond donors (Lipinski definition) is 1. The van der Waals surface area contributed by atoms with Gasteiger partial charge in [-0.15, -0.1) is 0 Å². The van der Waals surface area contributed by atoms with E-state index in [0.717, 1.165) is 11.3 Å².